The molecule has 1 aliphatic rings. The summed E-state index contributed by atoms with van der Waals surface area (Å²) >= 11 is 0. The molecule has 3 aromatic carbocycles. The van der Waals surface area contributed by atoms with Crippen molar-refractivity contribution in [1.29, 1.82) is 0 Å². The molecule has 5 heteroatoms. The van der Waals surface area contributed by atoms with Crippen molar-refractivity contribution >= 4 is 32.2 Å². The molecular weight excluding hydrogens is 344 g/mol. The normalized spacial score (nSPS) is 14.3. The number of nitrogens with zero attached hydrogens (tertiary/aromatic N) is 2. The standard InChI is InChI=1S/C21H22N2O2S/c1-22(2)20-13-5-11-18-17(20)10-6-14-21(18)26(24,25)23-15-7-9-16-8-3-4-12-19(16)23/h3-6,8,10-14H,7,9,15H2,1-2H3. The van der Waals surface area contributed by atoms with Crippen LogP contribution >= 0.6 is 0 Å². The number of hydrogen-bond acceptors (Lipinski definition) is 3. The Morgan fingerprint density at radius 3 is 2.42 bits per heavy atom. The van der Waals surface area contributed by atoms with Gasteiger partial charge in [0.25, 0.3) is 10.0 Å². The zero-order valence-corrected chi connectivity index (χ0v) is 15.8. The van der Waals surface area contributed by atoms with E-state index in [1.54, 1.807) is 10.4 Å². The number of benzene rings is 3. The van der Waals surface area contributed by atoms with Gasteiger partial charge in [0, 0.05) is 37.1 Å². The van der Waals surface area contributed by atoms with Gasteiger partial charge in [0.05, 0.1) is 10.6 Å². The summed E-state index contributed by atoms with van der Waals surface area (Å²) in [6.45, 7) is 0.517. The van der Waals surface area contributed by atoms with E-state index in [-0.39, 0.29) is 0 Å². The van der Waals surface area contributed by atoms with Crippen LogP contribution in [0.25, 0.3) is 10.8 Å². The van der Waals surface area contributed by atoms with Crippen LogP contribution in [0.2, 0.25) is 0 Å². The highest BCUT2D eigenvalue weighted by atomic mass is 32.2. The molecule has 1 heterocycles. The van der Waals surface area contributed by atoms with Gasteiger partial charge in [-0.2, -0.15) is 0 Å². The number of para-hydroxylation sites is 1. The smallest absolute Gasteiger partial charge is 0.264 e. The molecule has 4 rings (SSSR count). The number of fused-ring (bicyclic) bond motifs is 2. The molecule has 0 bridgehead atoms. The van der Waals surface area contributed by atoms with Crippen LogP contribution in [0.1, 0.15) is 12.0 Å². The van der Waals surface area contributed by atoms with Gasteiger partial charge < -0.3 is 4.90 Å². The van der Waals surface area contributed by atoms with Gasteiger partial charge in [-0.05, 0) is 36.6 Å². The average molecular weight is 366 g/mol. The summed E-state index contributed by atoms with van der Waals surface area (Å²) < 4.78 is 28.7. The lowest BCUT2D eigenvalue weighted by molar-refractivity contribution is 0.587. The van der Waals surface area contributed by atoms with E-state index >= 15 is 0 Å². The largest absolute Gasteiger partial charge is 0.377 e. The zero-order chi connectivity index (χ0) is 18.3. The van der Waals surface area contributed by atoms with E-state index in [0.29, 0.717) is 11.4 Å². The third-order valence-electron chi connectivity index (χ3n) is 4.98. The molecule has 4 nitrogen and oxygen atoms in total. The molecule has 0 spiro atoms. The van der Waals surface area contributed by atoms with E-state index in [1.807, 2.05) is 73.6 Å². The predicted octanol–water partition coefficient (Wildman–Crippen LogP) is 4.05. The predicted molar refractivity (Wildman–Crippen MR) is 108 cm³/mol. The fraction of sp³-hybridized carbons (Fsp3) is 0.238. The summed E-state index contributed by atoms with van der Waals surface area (Å²) in [6, 6.07) is 19.1. The summed E-state index contributed by atoms with van der Waals surface area (Å²) in [7, 11) is 0.308. The maximum Gasteiger partial charge on any atom is 0.264 e. The topological polar surface area (TPSA) is 40.6 Å². The Bertz CT molecular complexity index is 1070. The molecule has 0 fully saturated rings. The number of anilines is 2. The van der Waals surface area contributed by atoms with Crippen LogP contribution in [0, 0.1) is 0 Å². The van der Waals surface area contributed by atoms with Gasteiger partial charge in [-0.25, -0.2) is 8.42 Å². The Hall–Kier alpha value is -2.53. The molecule has 0 unspecified atom stereocenters. The minimum atomic E-state index is -3.63. The minimum absolute atomic E-state index is 0.371. The second-order valence-electron chi connectivity index (χ2n) is 6.83. The highest BCUT2D eigenvalue weighted by Crippen LogP contribution is 2.36. The zero-order valence-electron chi connectivity index (χ0n) is 15.0. The Labute approximate surface area is 154 Å². The van der Waals surface area contributed by atoms with Gasteiger partial charge in [-0.15, -0.1) is 0 Å². The van der Waals surface area contributed by atoms with E-state index in [9.17, 15) is 8.42 Å². The van der Waals surface area contributed by atoms with Crippen molar-refractivity contribution in [2.75, 3.05) is 29.8 Å². The van der Waals surface area contributed by atoms with Crippen LogP contribution in [-0.4, -0.2) is 29.1 Å². The van der Waals surface area contributed by atoms with Crippen LogP contribution < -0.4 is 9.21 Å². The van der Waals surface area contributed by atoms with Crippen molar-refractivity contribution in [3.05, 3.63) is 66.2 Å². The summed E-state index contributed by atoms with van der Waals surface area (Å²) in [4.78, 5) is 2.38. The van der Waals surface area contributed by atoms with E-state index in [4.69, 9.17) is 0 Å². The van der Waals surface area contributed by atoms with Crippen LogP contribution in [-0.2, 0) is 16.4 Å². The number of rotatable bonds is 3. The first-order valence-corrected chi connectivity index (χ1v) is 10.2. The van der Waals surface area contributed by atoms with Gasteiger partial charge in [0.1, 0.15) is 0 Å². The molecule has 0 amide bonds. The van der Waals surface area contributed by atoms with E-state index in [2.05, 4.69) is 0 Å². The summed E-state index contributed by atoms with van der Waals surface area (Å²) in [6.07, 6.45) is 1.76. The molecule has 1 aliphatic heterocycles. The number of hydrogen-bond donors (Lipinski definition) is 0. The van der Waals surface area contributed by atoms with Crippen LogP contribution in [0.3, 0.4) is 0 Å². The molecular formula is C21H22N2O2S. The lowest BCUT2D eigenvalue weighted by atomic mass is 10.0. The molecule has 26 heavy (non-hydrogen) atoms. The Balaban J connectivity index is 1.92. The fourth-order valence-electron chi connectivity index (χ4n) is 3.75. The molecule has 0 aliphatic carbocycles. The maximum atomic E-state index is 13.6. The van der Waals surface area contributed by atoms with Crippen molar-refractivity contribution in [3.63, 3.8) is 0 Å². The fourth-order valence-corrected chi connectivity index (χ4v) is 5.50. The van der Waals surface area contributed by atoms with Crippen LogP contribution in [0.5, 0.6) is 0 Å². The number of sulfonamides is 1. The maximum absolute atomic E-state index is 13.6. The third-order valence-corrected chi connectivity index (χ3v) is 6.85. The average Bonchev–Trinajstić information content (AvgIpc) is 2.66. The third kappa shape index (κ3) is 2.63. The molecule has 0 radical (unpaired) electrons. The van der Waals surface area contributed by atoms with Gasteiger partial charge in [-0.3, -0.25) is 4.31 Å². The van der Waals surface area contributed by atoms with Gasteiger partial charge in [-0.1, -0.05) is 42.5 Å². The van der Waals surface area contributed by atoms with Crippen molar-refractivity contribution < 1.29 is 8.42 Å². The first-order chi connectivity index (χ1) is 12.5. The lowest BCUT2D eigenvalue weighted by Gasteiger charge is -2.31. The second kappa shape index (κ2) is 6.32. The van der Waals surface area contributed by atoms with Crippen LogP contribution in [0.15, 0.2) is 65.6 Å². The van der Waals surface area contributed by atoms with Crippen molar-refractivity contribution in [2.24, 2.45) is 0 Å². The molecule has 0 aromatic heterocycles. The van der Waals surface area contributed by atoms with E-state index < -0.39 is 10.0 Å². The summed E-state index contributed by atoms with van der Waals surface area (Å²) in [5.41, 5.74) is 2.91. The molecule has 3 aromatic rings. The molecule has 0 atom stereocenters. The quantitative estimate of drug-likeness (QED) is 0.702. The second-order valence-corrected chi connectivity index (χ2v) is 8.66. The highest BCUT2D eigenvalue weighted by Gasteiger charge is 2.30. The number of aryl methyl sites for hydroxylation is 1. The van der Waals surface area contributed by atoms with Gasteiger partial charge >= 0.3 is 0 Å². The highest BCUT2D eigenvalue weighted by molar-refractivity contribution is 7.93. The van der Waals surface area contributed by atoms with Crippen molar-refractivity contribution in [2.45, 2.75) is 17.7 Å². The molecule has 0 saturated carbocycles. The van der Waals surface area contributed by atoms with Crippen LogP contribution in [0.4, 0.5) is 11.4 Å². The monoisotopic (exact) mass is 366 g/mol. The Morgan fingerprint density at radius 2 is 1.62 bits per heavy atom. The Morgan fingerprint density at radius 1 is 0.885 bits per heavy atom. The lowest BCUT2D eigenvalue weighted by Crippen LogP contribution is -2.35. The van der Waals surface area contributed by atoms with E-state index in [1.165, 1.54) is 0 Å². The minimum Gasteiger partial charge on any atom is -0.377 e. The molecule has 0 saturated heterocycles. The van der Waals surface area contributed by atoms with Crippen molar-refractivity contribution in [1.82, 2.24) is 0 Å². The van der Waals surface area contributed by atoms with Gasteiger partial charge in [0.15, 0.2) is 0 Å². The first kappa shape index (κ1) is 16.9. The SMILES string of the molecule is CN(C)c1cccc2c(S(=O)(=O)N3CCCc4ccccc43)cccc12. The van der Waals surface area contributed by atoms with E-state index in [0.717, 1.165) is 40.6 Å². The molecule has 134 valence electrons. The summed E-state index contributed by atoms with van der Waals surface area (Å²) in [5.74, 6) is 0. The van der Waals surface area contributed by atoms with Crippen molar-refractivity contribution in [3.8, 4) is 0 Å². The Kier molecular flexibility index (Phi) is 4.11. The molecule has 0 N–H and O–H groups in total. The van der Waals surface area contributed by atoms with Gasteiger partial charge in [0.2, 0.25) is 0 Å². The summed E-state index contributed by atoms with van der Waals surface area (Å²) in [5, 5.41) is 1.71. The first-order valence-electron chi connectivity index (χ1n) is 8.80.